The van der Waals surface area contributed by atoms with Crippen molar-refractivity contribution in [2.45, 2.75) is 69.1 Å². The second kappa shape index (κ2) is 13.6. The molecule has 1 aliphatic rings. The SMILES string of the molecule is Cc1ccc(S(=O)(=O)N(CC(=O)N(CCc2ccccc2)[C@@H](C)C(=O)NC2CCCC2)c2cccc(C(F)(F)F)c2)cc1. The van der Waals surface area contributed by atoms with Gasteiger partial charge in [0.05, 0.1) is 16.1 Å². The number of sulfonamides is 1. The van der Waals surface area contributed by atoms with Gasteiger partial charge in [0.1, 0.15) is 12.6 Å². The first kappa shape index (κ1) is 32.1. The number of anilines is 1. The number of nitrogens with zero attached hydrogens (tertiary/aromatic N) is 2. The molecule has 2 amide bonds. The lowest BCUT2D eigenvalue weighted by Crippen LogP contribution is -2.53. The molecule has 0 heterocycles. The summed E-state index contributed by atoms with van der Waals surface area (Å²) in [5.74, 6) is -1.07. The molecule has 43 heavy (non-hydrogen) atoms. The molecule has 7 nitrogen and oxygen atoms in total. The second-order valence-electron chi connectivity index (χ2n) is 10.9. The highest BCUT2D eigenvalue weighted by Gasteiger charge is 2.35. The minimum Gasteiger partial charge on any atom is -0.352 e. The lowest BCUT2D eigenvalue weighted by atomic mass is 10.1. The number of benzene rings is 3. The van der Waals surface area contributed by atoms with E-state index < -0.39 is 40.3 Å². The third-order valence-corrected chi connectivity index (χ3v) is 9.49. The highest BCUT2D eigenvalue weighted by atomic mass is 32.2. The van der Waals surface area contributed by atoms with Crippen LogP contribution in [0, 0.1) is 6.92 Å². The topological polar surface area (TPSA) is 86.8 Å². The largest absolute Gasteiger partial charge is 0.416 e. The zero-order valence-electron chi connectivity index (χ0n) is 24.2. The predicted octanol–water partition coefficient (Wildman–Crippen LogP) is 5.73. The Morgan fingerprint density at radius 1 is 0.953 bits per heavy atom. The predicted molar refractivity (Wildman–Crippen MR) is 159 cm³/mol. The normalized spacial score (nSPS) is 14.7. The number of hydrogen-bond donors (Lipinski definition) is 1. The summed E-state index contributed by atoms with van der Waals surface area (Å²) in [5, 5.41) is 2.99. The fourth-order valence-electron chi connectivity index (χ4n) is 5.17. The molecule has 1 aliphatic carbocycles. The van der Waals surface area contributed by atoms with Crippen LogP contribution in [0.25, 0.3) is 0 Å². The van der Waals surface area contributed by atoms with Crippen molar-refractivity contribution in [3.8, 4) is 0 Å². The average Bonchev–Trinajstić information content (AvgIpc) is 3.49. The molecule has 11 heteroatoms. The third kappa shape index (κ3) is 8.16. The van der Waals surface area contributed by atoms with Crippen LogP contribution in [0.2, 0.25) is 0 Å². The molecule has 0 spiro atoms. The summed E-state index contributed by atoms with van der Waals surface area (Å²) >= 11 is 0. The van der Waals surface area contributed by atoms with E-state index in [9.17, 15) is 31.2 Å². The Bertz CT molecular complexity index is 1510. The Kier molecular flexibility index (Phi) is 10.2. The van der Waals surface area contributed by atoms with Gasteiger partial charge in [0, 0.05) is 12.6 Å². The zero-order chi connectivity index (χ0) is 31.2. The minimum atomic E-state index is -4.73. The van der Waals surface area contributed by atoms with Crippen molar-refractivity contribution in [2.24, 2.45) is 0 Å². The van der Waals surface area contributed by atoms with Crippen LogP contribution in [0.1, 0.15) is 49.3 Å². The van der Waals surface area contributed by atoms with Gasteiger partial charge in [-0.2, -0.15) is 13.2 Å². The monoisotopic (exact) mass is 615 g/mol. The number of hydrogen-bond acceptors (Lipinski definition) is 4. The molecule has 0 aromatic heterocycles. The van der Waals surface area contributed by atoms with E-state index in [1.807, 2.05) is 30.3 Å². The van der Waals surface area contributed by atoms with Gasteiger partial charge in [0.25, 0.3) is 10.0 Å². The lowest BCUT2D eigenvalue weighted by Gasteiger charge is -2.32. The molecular weight excluding hydrogens is 579 g/mol. The zero-order valence-corrected chi connectivity index (χ0v) is 25.0. The van der Waals surface area contributed by atoms with E-state index in [0.717, 1.165) is 48.9 Å². The van der Waals surface area contributed by atoms with Gasteiger partial charge in [-0.05, 0) is 69.0 Å². The van der Waals surface area contributed by atoms with Crippen molar-refractivity contribution in [3.05, 3.63) is 95.6 Å². The molecule has 0 radical (unpaired) electrons. The summed E-state index contributed by atoms with van der Waals surface area (Å²) in [6, 6.07) is 18.1. The Hall–Kier alpha value is -3.86. The summed E-state index contributed by atoms with van der Waals surface area (Å²) in [6.07, 6.45) is -0.656. The van der Waals surface area contributed by atoms with Crippen LogP contribution in [0.3, 0.4) is 0 Å². The van der Waals surface area contributed by atoms with Crippen molar-refractivity contribution >= 4 is 27.5 Å². The molecule has 0 bridgehead atoms. The highest BCUT2D eigenvalue weighted by molar-refractivity contribution is 7.92. The van der Waals surface area contributed by atoms with Crippen LogP contribution in [0.4, 0.5) is 18.9 Å². The van der Waals surface area contributed by atoms with E-state index in [4.69, 9.17) is 0 Å². The smallest absolute Gasteiger partial charge is 0.352 e. The van der Waals surface area contributed by atoms with Crippen molar-refractivity contribution in [2.75, 3.05) is 17.4 Å². The van der Waals surface area contributed by atoms with Gasteiger partial charge in [-0.3, -0.25) is 13.9 Å². The molecular formula is C32H36F3N3O4S. The molecule has 230 valence electrons. The van der Waals surface area contributed by atoms with Crippen molar-refractivity contribution < 1.29 is 31.2 Å². The number of aryl methyl sites for hydroxylation is 1. The average molecular weight is 616 g/mol. The number of alkyl halides is 3. The van der Waals surface area contributed by atoms with Crippen LogP contribution in [-0.4, -0.2) is 50.3 Å². The van der Waals surface area contributed by atoms with Crippen LogP contribution >= 0.6 is 0 Å². The van der Waals surface area contributed by atoms with E-state index in [2.05, 4.69) is 5.32 Å². The molecule has 1 fully saturated rings. The van der Waals surface area contributed by atoms with Gasteiger partial charge < -0.3 is 10.2 Å². The molecule has 1 N–H and O–H groups in total. The van der Waals surface area contributed by atoms with E-state index in [0.29, 0.717) is 16.8 Å². The number of amides is 2. The number of carbonyl (C=O) groups is 2. The summed E-state index contributed by atoms with van der Waals surface area (Å²) < 4.78 is 69.3. The Morgan fingerprint density at radius 3 is 2.23 bits per heavy atom. The van der Waals surface area contributed by atoms with Crippen molar-refractivity contribution in [3.63, 3.8) is 0 Å². The second-order valence-corrected chi connectivity index (χ2v) is 12.7. The maximum atomic E-state index is 14.0. The summed E-state index contributed by atoms with van der Waals surface area (Å²) in [6.45, 7) is 2.65. The number of carbonyl (C=O) groups excluding carboxylic acids is 2. The van der Waals surface area contributed by atoms with Crippen LogP contribution < -0.4 is 9.62 Å². The standard InChI is InChI=1S/C32H36F3N3O4S/c1-23-15-17-29(18-16-23)43(41,42)38(28-14-8-11-26(21-28)32(33,34)35)22-30(39)37(20-19-25-9-4-3-5-10-25)24(2)31(40)36-27-12-6-7-13-27/h3-5,8-11,14-18,21,24,27H,6-7,12-13,19-20,22H2,1-2H3,(H,36,40)/t24-/m0/s1. The molecule has 4 rings (SSSR count). The Balaban J connectivity index is 1.69. The van der Waals surface area contributed by atoms with E-state index in [-0.39, 0.29) is 29.1 Å². The number of halogens is 3. The first-order chi connectivity index (χ1) is 20.4. The fraction of sp³-hybridized carbons (Fsp3) is 0.375. The molecule has 0 unspecified atom stereocenters. The highest BCUT2D eigenvalue weighted by Crippen LogP contribution is 2.33. The molecule has 3 aromatic carbocycles. The van der Waals surface area contributed by atoms with Gasteiger partial charge in [-0.1, -0.05) is 66.9 Å². The van der Waals surface area contributed by atoms with Crippen LogP contribution in [0.15, 0.2) is 83.8 Å². The van der Waals surface area contributed by atoms with Crippen LogP contribution in [0.5, 0.6) is 0 Å². The lowest BCUT2D eigenvalue weighted by molar-refractivity contribution is -0.139. The molecule has 0 aliphatic heterocycles. The molecule has 3 aromatic rings. The minimum absolute atomic E-state index is 0.00421. The number of nitrogens with one attached hydrogen (secondary N) is 1. The summed E-state index contributed by atoms with van der Waals surface area (Å²) in [7, 11) is -4.48. The van der Waals surface area contributed by atoms with E-state index in [1.54, 1.807) is 26.0 Å². The van der Waals surface area contributed by atoms with Gasteiger partial charge in [-0.15, -0.1) is 0 Å². The third-order valence-electron chi connectivity index (χ3n) is 7.70. The van der Waals surface area contributed by atoms with Gasteiger partial charge in [0.15, 0.2) is 0 Å². The van der Waals surface area contributed by atoms with Gasteiger partial charge in [-0.25, -0.2) is 8.42 Å². The molecule has 1 saturated carbocycles. The van der Waals surface area contributed by atoms with E-state index in [1.165, 1.54) is 23.1 Å². The van der Waals surface area contributed by atoms with Crippen LogP contribution in [-0.2, 0) is 32.2 Å². The summed E-state index contributed by atoms with van der Waals surface area (Å²) in [4.78, 5) is 28.4. The Morgan fingerprint density at radius 2 is 1.60 bits per heavy atom. The van der Waals surface area contributed by atoms with Gasteiger partial charge >= 0.3 is 6.18 Å². The van der Waals surface area contributed by atoms with Crippen molar-refractivity contribution in [1.82, 2.24) is 10.2 Å². The maximum absolute atomic E-state index is 14.0. The Labute approximate surface area is 250 Å². The maximum Gasteiger partial charge on any atom is 0.416 e. The first-order valence-electron chi connectivity index (χ1n) is 14.3. The summed E-state index contributed by atoms with van der Waals surface area (Å²) in [5.41, 5.74) is 0.335. The number of rotatable bonds is 11. The van der Waals surface area contributed by atoms with E-state index >= 15 is 0 Å². The van der Waals surface area contributed by atoms with Crippen molar-refractivity contribution in [1.29, 1.82) is 0 Å². The first-order valence-corrected chi connectivity index (χ1v) is 15.7. The molecule has 0 saturated heterocycles. The molecule has 1 atom stereocenters. The quantitative estimate of drug-likeness (QED) is 0.299. The fourth-order valence-corrected chi connectivity index (χ4v) is 6.57. The van der Waals surface area contributed by atoms with Gasteiger partial charge in [0.2, 0.25) is 11.8 Å².